The minimum atomic E-state index is -0.173. The van der Waals surface area contributed by atoms with Crippen LogP contribution in [0.1, 0.15) is 32.8 Å². The third-order valence-electron chi connectivity index (χ3n) is 3.94. The highest BCUT2D eigenvalue weighted by atomic mass is 32.2. The van der Waals surface area contributed by atoms with E-state index in [1.807, 2.05) is 6.92 Å². The van der Waals surface area contributed by atoms with Crippen molar-refractivity contribution in [2.24, 2.45) is 0 Å². The molecule has 134 valence electrons. The van der Waals surface area contributed by atoms with E-state index >= 15 is 0 Å². The highest BCUT2D eigenvalue weighted by Gasteiger charge is 2.37. The molecule has 2 atom stereocenters. The second-order valence-electron chi connectivity index (χ2n) is 6.33. The number of likely N-dealkylation sites (N-methyl/N-ethyl adjacent to an activating group) is 1. The van der Waals surface area contributed by atoms with Crippen molar-refractivity contribution in [2.75, 3.05) is 18.8 Å². The maximum Gasteiger partial charge on any atom is 0.237 e. The molecular formula is C17H27N3O2S2. The molecule has 0 radical (unpaired) electrons. The van der Waals surface area contributed by atoms with Gasteiger partial charge in [0.25, 0.3) is 0 Å². The fourth-order valence-electron chi connectivity index (χ4n) is 2.88. The average molecular weight is 370 g/mol. The summed E-state index contributed by atoms with van der Waals surface area (Å²) in [5, 5.41) is 10.6. The molecule has 0 unspecified atom stereocenters. The van der Waals surface area contributed by atoms with Crippen LogP contribution in [0.3, 0.4) is 0 Å². The third kappa shape index (κ3) is 5.79. The van der Waals surface area contributed by atoms with Crippen molar-refractivity contribution >= 4 is 34.9 Å². The Labute approximate surface area is 152 Å². The van der Waals surface area contributed by atoms with E-state index in [9.17, 15) is 9.59 Å². The number of amides is 2. The minimum absolute atomic E-state index is 0.0384. The molecule has 2 amide bonds. The monoisotopic (exact) mass is 369 g/mol. The van der Waals surface area contributed by atoms with Gasteiger partial charge < -0.3 is 10.6 Å². The molecular weight excluding hydrogens is 342 g/mol. The molecule has 0 aromatic carbocycles. The van der Waals surface area contributed by atoms with Gasteiger partial charge in [0, 0.05) is 25.7 Å². The molecule has 0 aliphatic carbocycles. The molecule has 1 aliphatic heterocycles. The van der Waals surface area contributed by atoms with Crippen LogP contribution in [-0.2, 0) is 16.1 Å². The number of nitrogens with one attached hydrogen (secondary N) is 2. The smallest absolute Gasteiger partial charge is 0.237 e. The first kappa shape index (κ1) is 19.3. The summed E-state index contributed by atoms with van der Waals surface area (Å²) in [6.07, 6.45) is 0.675. The summed E-state index contributed by atoms with van der Waals surface area (Å²) in [5.41, 5.74) is 1.22. The molecule has 1 aliphatic rings. The number of hydrogen-bond donors (Lipinski definition) is 2. The van der Waals surface area contributed by atoms with Gasteiger partial charge in [0.2, 0.25) is 11.8 Å². The predicted octanol–water partition coefficient (Wildman–Crippen LogP) is 2.08. The molecule has 5 nitrogen and oxygen atoms in total. The molecule has 2 rings (SSSR count). The van der Waals surface area contributed by atoms with E-state index in [-0.39, 0.29) is 23.9 Å². The number of hydrogen-bond acceptors (Lipinski definition) is 5. The summed E-state index contributed by atoms with van der Waals surface area (Å²) in [4.78, 5) is 26.6. The van der Waals surface area contributed by atoms with Gasteiger partial charge in [-0.2, -0.15) is 11.3 Å². The summed E-state index contributed by atoms with van der Waals surface area (Å²) in [7, 11) is 0. The standard InChI is InChI=1S/C17H27N3O2S2/c1-4-18-17(22)15-7-14(19-16(21)11-24-12(2)3)9-20(15)8-13-5-6-23-10-13/h5-6,10,12,14-15H,4,7-9,11H2,1-3H3,(H,18,22)(H,19,21)/t14-,15-/m0/s1. The summed E-state index contributed by atoms with van der Waals surface area (Å²) in [6, 6.07) is 1.95. The Morgan fingerprint density at radius 3 is 2.88 bits per heavy atom. The number of carbonyl (C=O) groups excluding carboxylic acids is 2. The largest absolute Gasteiger partial charge is 0.355 e. The Morgan fingerprint density at radius 2 is 2.25 bits per heavy atom. The van der Waals surface area contributed by atoms with Crippen LogP contribution in [0.4, 0.5) is 0 Å². The lowest BCUT2D eigenvalue weighted by molar-refractivity contribution is -0.125. The van der Waals surface area contributed by atoms with Gasteiger partial charge in [0.1, 0.15) is 0 Å². The van der Waals surface area contributed by atoms with Crippen molar-refractivity contribution < 1.29 is 9.59 Å². The highest BCUT2D eigenvalue weighted by molar-refractivity contribution is 8.00. The van der Waals surface area contributed by atoms with E-state index in [1.165, 1.54) is 5.56 Å². The van der Waals surface area contributed by atoms with Crippen molar-refractivity contribution in [1.82, 2.24) is 15.5 Å². The van der Waals surface area contributed by atoms with Crippen LogP contribution < -0.4 is 10.6 Å². The number of likely N-dealkylation sites (tertiary alicyclic amines) is 1. The van der Waals surface area contributed by atoms with Crippen molar-refractivity contribution in [3.8, 4) is 0 Å². The fraction of sp³-hybridized carbons (Fsp3) is 0.647. The van der Waals surface area contributed by atoms with E-state index in [0.717, 1.165) is 13.1 Å². The Morgan fingerprint density at radius 1 is 1.46 bits per heavy atom. The molecule has 2 N–H and O–H groups in total. The van der Waals surface area contributed by atoms with Crippen molar-refractivity contribution in [2.45, 2.75) is 51.1 Å². The fourth-order valence-corrected chi connectivity index (χ4v) is 4.10. The summed E-state index contributed by atoms with van der Waals surface area (Å²) in [6.45, 7) is 8.19. The van der Waals surface area contributed by atoms with Gasteiger partial charge in [-0.05, 0) is 41.0 Å². The number of thioether (sulfide) groups is 1. The maximum atomic E-state index is 12.4. The zero-order chi connectivity index (χ0) is 17.5. The Kier molecular flexibility index (Phi) is 7.58. The quantitative estimate of drug-likeness (QED) is 0.737. The highest BCUT2D eigenvalue weighted by Crippen LogP contribution is 2.22. The number of nitrogens with zero attached hydrogens (tertiary/aromatic N) is 1. The van der Waals surface area contributed by atoms with Gasteiger partial charge >= 0.3 is 0 Å². The lowest BCUT2D eigenvalue weighted by atomic mass is 10.1. The molecule has 1 aromatic heterocycles. The van der Waals surface area contributed by atoms with Crippen LogP contribution in [0.5, 0.6) is 0 Å². The van der Waals surface area contributed by atoms with E-state index in [0.29, 0.717) is 24.0 Å². The van der Waals surface area contributed by atoms with Crippen LogP contribution in [0.25, 0.3) is 0 Å². The average Bonchev–Trinajstić information content (AvgIpc) is 3.16. The molecule has 0 saturated carbocycles. The first-order valence-electron chi connectivity index (χ1n) is 8.43. The molecule has 0 spiro atoms. The summed E-state index contributed by atoms with van der Waals surface area (Å²) >= 11 is 3.30. The minimum Gasteiger partial charge on any atom is -0.355 e. The van der Waals surface area contributed by atoms with Crippen LogP contribution in [0, 0.1) is 0 Å². The van der Waals surface area contributed by atoms with E-state index < -0.39 is 0 Å². The second kappa shape index (κ2) is 9.44. The van der Waals surface area contributed by atoms with Gasteiger partial charge in [-0.25, -0.2) is 0 Å². The van der Waals surface area contributed by atoms with Crippen LogP contribution in [-0.4, -0.2) is 52.9 Å². The Balaban J connectivity index is 1.94. The molecule has 24 heavy (non-hydrogen) atoms. The second-order valence-corrected chi connectivity index (χ2v) is 8.68. The maximum absolute atomic E-state index is 12.4. The van der Waals surface area contributed by atoms with Crippen LogP contribution >= 0.6 is 23.1 Å². The van der Waals surface area contributed by atoms with Crippen LogP contribution in [0.15, 0.2) is 16.8 Å². The van der Waals surface area contributed by atoms with Gasteiger partial charge in [-0.15, -0.1) is 11.8 Å². The molecule has 1 saturated heterocycles. The van der Waals surface area contributed by atoms with E-state index in [1.54, 1.807) is 23.1 Å². The summed E-state index contributed by atoms with van der Waals surface area (Å²) < 4.78 is 0. The number of carbonyl (C=O) groups is 2. The van der Waals surface area contributed by atoms with E-state index in [4.69, 9.17) is 0 Å². The van der Waals surface area contributed by atoms with Gasteiger partial charge in [-0.1, -0.05) is 13.8 Å². The SMILES string of the molecule is CCNC(=O)[C@@H]1C[C@H](NC(=O)CSC(C)C)CN1Cc1ccsc1. The number of rotatable bonds is 8. The predicted molar refractivity (Wildman–Crippen MR) is 101 cm³/mol. The van der Waals surface area contributed by atoms with Crippen molar-refractivity contribution in [3.63, 3.8) is 0 Å². The van der Waals surface area contributed by atoms with E-state index in [2.05, 4.69) is 46.2 Å². The molecule has 1 fully saturated rings. The lowest BCUT2D eigenvalue weighted by Gasteiger charge is -2.22. The molecule has 2 heterocycles. The van der Waals surface area contributed by atoms with Crippen molar-refractivity contribution in [3.05, 3.63) is 22.4 Å². The molecule has 1 aromatic rings. The normalized spacial score (nSPS) is 21.2. The van der Waals surface area contributed by atoms with Gasteiger partial charge in [0.15, 0.2) is 0 Å². The van der Waals surface area contributed by atoms with Crippen LogP contribution in [0.2, 0.25) is 0 Å². The molecule has 0 bridgehead atoms. The number of thiophene rings is 1. The van der Waals surface area contributed by atoms with Crippen molar-refractivity contribution in [1.29, 1.82) is 0 Å². The first-order chi connectivity index (χ1) is 11.5. The Hall–Kier alpha value is -1.05. The zero-order valence-corrected chi connectivity index (χ0v) is 16.2. The van der Waals surface area contributed by atoms with Gasteiger partial charge in [-0.3, -0.25) is 14.5 Å². The summed E-state index contributed by atoms with van der Waals surface area (Å²) in [5.74, 6) is 0.594. The Bertz CT molecular complexity index is 534. The topological polar surface area (TPSA) is 61.4 Å². The third-order valence-corrected chi connectivity index (χ3v) is 5.76. The van der Waals surface area contributed by atoms with Gasteiger partial charge in [0.05, 0.1) is 11.8 Å². The first-order valence-corrected chi connectivity index (χ1v) is 10.4. The lowest BCUT2D eigenvalue weighted by Crippen LogP contribution is -2.42. The molecule has 7 heteroatoms. The zero-order valence-electron chi connectivity index (χ0n) is 14.6.